The zero-order valence-electron chi connectivity index (χ0n) is 20.7. The molecular formula is C30H21ClN2O6. The van der Waals surface area contributed by atoms with Gasteiger partial charge in [0, 0.05) is 46.1 Å². The van der Waals surface area contributed by atoms with Crippen molar-refractivity contribution in [2.75, 3.05) is 18.6 Å². The van der Waals surface area contributed by atoms with Gasteiger partial charge >= 0.3 is 0 Å². The van der Waals surface area contributed by atoms with Crippen molar-refractivity contribution >= 4 is 29.0 Å². The molecule has 0 spiro atoms. The first kappa shape index (κ1) is 23.7. The number of anilines is 1. The maximum atomic E-state index is 14.0. The Bertz CT molecular complexity index is 1710. The quantitative estimate of drug-likeness (QED) is 0.381. The van der Waals surface area contributed by atoms with Gasteiger partial charge in [-0.15, -0.1) is 0 Å². The smallest absolute Gasteiger partial charge is 0.264 e. The third-order valence-electron chi connectivity index (χ3n) is 7.48. The van der Waals surface area contributed by atoms with Gasteiger partial charge < -0.3 is 24.2 Å². The molecule has 0 bridgehead atoms. The normalized spacial score (nSPS) is 20.5. The predicted octanol–water partition coefficient (Wildman–Crippen LogP) is 4.53. The highest BCUT2D eigenvalue weighted by Gasteiger charge is 2.53. The number of carbonyl (C=O) groups is 2. The van der Waals surface area contributed by atoms with Crippen molar-refractivity contribution in [1.29, 1.82) is 0 Å². The van der Waals surface area contributed by atoms with E-state index in [1.165, 1.54) is 4.90 Å². The van der Waals surface area contributed by atoms with E-state index >= 15 is 0 Å². The molecule has 0 saturated carbocycles. The average Bonchev–Trinajstić information content (AvgIpc) is 3.26. The van der Waals surface area contributed by atoms with Crippen LogP contribution in [0.5, 0.6) is 17.2 Å². The van der Waals surface area contributed by atoms with E-state index in [0.29, 0.717) is 33.3 Å². The molecule has 0 radical (unpaired) electrons. The van der Waals surface area contributed by atoms with Gasteiger partial charge in [0.2, 0.25) is 5.78 Å². The molecule has 3 aliphatic heterocycles. The second-order valence-corrected chi connectivity index (χ2v) is 10.1. The predicted molar refractivity (Wildman–Crippen MR) is 143 cm³/mol. The van der Waals surface area contributed by atoms with Gasteiger partial charge in [0.1, 0.15) is 23.9 Å². The summed E-state index contributed by atoms with van der Waals surface area (Å²) in [6.45, 7) is 0.189. The van der Waals surface area contributed by atoms with Crippen molar-refractivity contribution in [1.82, 2.24) is 4.98 Å². The number of Topliss-reactive ketones (excluding diaryl/α,β-unsaturated/α-hetero) is 1. The number of aliphatic hydroxyl groups is 1. The van der Waals surface area contributed by atoms with Gasteiger partial charge in [-0.1, -0.05) is 23.7 Å². The molecule has 1 aromatic heterocycles. The summed E-state index contributed by atoms with van der Waals surface area (Å²) in [5.41, 5.74) is 1.93. The average molecular weight is 541 g/mol. The zero-order valence-corrected chi connectivity index (χ0v) is 21.4. The van der Waals surface area contributed by atoms with Crippen LogP contribution in [0, 0.1) is 0 Å². The van der Waals surface area contributed by atoms with E-state index in [1.807, 2.05) is 24.3 Å². The van der Waals surface area contributed by atoms with Gasteiger partial charge in [-0.3, -0.25) is 14.6 Å². The van der Waals surface area contributed by atoms with Gasteiger partial charge in [-0.25, -0.2) is 0 Å². The Morgan fingerprint density at radius 1 is 1.03 bits per heavy atom. The standard InChI is InChI=1S/C30H21ClN2O6/c1-33-22-11-16(6-8-25(22)38-15-26(33)34)28(35)29-30(36,21-12-19(31)7-9-24(21)39-29)18-10-17-14-37-23-5-3-2-4-20(23)27(17)32-13-18/h2-13,29,36H,14-15H2,1H3. The van der Waals surface area contributed by atoms with E-state index in [2.05, 4.69) is 4.98 Å². The van der Waals surface area contributed by atoms with Crippen LogP contribution in [0.25, 0.3) is 11.3 Å². The van der Waals surface area contributed by atoms with E-state index in [0.717, 1.165) is 22.6 Å². The molecule has 194 valence electrons. The van der Waals surface area contributed by atoms with Crippen LogP contribution in [0.4, 0.5) is 5.69 Å². The number of benzene rings is 3. The van der Waals surface area contributed by atoms with Crippen LogP contribution < -0.4 is 19.1 Å². The van der Waals surface area contributed by atoms with Crippen LogP contribution in [0.15, 0.2) is 72.9 Å². The number of amides is 1. The molecule has 2 unspecified atom stereocenters. The third kappa shape index (κ3) is 3.52. The molecule has 4 heterocycles. The number of halogens is 1. The first-order valence-electron chi connectivity index (χ1n) is 12.3. The van der Waals surface area contributed by atoms with Crippen molar-refractivity contribution in [2.45, 2.75) is 18.3 Å². The minimum atomic E-state index is -1.90. The number of pyridine rings is 1. The number of rotatable bonds is 3. The number of hydrogen-bond donors (Lipinski definition) is 1. The molecule has 0 saturated heterocycles. The Hall–Kier alpha value is -4.40. The van der Waals surface area contributed by atoms with E-state index in [-0.39, 0.29) is 24.7 Å². The number of ether oxygens (including phenoxy) is 3. The summed E-state index contributed by atoms with van der Waals surface area (Å²) in [7, 11) is 1.62. The Labute approximate surface area is 228 Å². The molecular weight excluding hydrogens is 520 g/mol. The van der Waals surface area contributed by atoms with Crippen LogP contribution in [0.3, 0.4) is 0 Å². The van der Waals surface area contributed by atoms with Gasteiger partial charge in [0.15, 0.2) is 18.3 Å². The zero-order chi connectivity index (χ0) is 26.9. The molecule has 0 fully saturated rings. The molecule has 8 nitrogen and oxygen atoms in total. The highest BCUT2D eigenvalue weighted by Crippen LogP contribution is 2.49. The van der Waals surface area contributed by atoms with Crippen molar-refractivity contribution in [3.63, 3.8) is 0 Å². The van der Waals surface area contributed by atoms with Gasteiger partial charge in [0.25, 0.3) is 5.91 Å². The highest BCUT2D eigenvalue weighted by atomic mass is 35.5. The lowest BCUT2D eigenvalue weighted by Gasteiger charge is -2.30. The molecule has 3 aliphatic rings. The van der Waals surface area contributed by atoms with Crippen molar-refractivity contribution < 1.29 is 28.9 Å². The van der Waals surface area contributed by atoms with Crippen molar-refractivity contribution in [3.05, 3.63) is 100 Å². The number of fused-ring (bicyclic) bond motifs is 5. The lowest BCUT2D eigenvalue weighted by Crippen LogP contribution is -2.45. The van der Waals surface area contributed by atoms with E-state index in [9.17, 15) is 14.7 Å². The van der Waals surface area contributed by atoms with Crippen LogP contribution in [0.1, 0.15) is 27.0 Å². The summed E-state index contributed by atoms with van der Waals surface area (Å²) in [6.07, 6.45) is 0.222. The van der Waals surface area contributed by atoms with E-state index < -0.39 is 17.5 Å². The summed E-state index contributed by atoms with van der Waals surface area (Å²) in [6, 6.07) is 19.1. The minimum absolute atomic E-state index is 0.0716. The van der Waals surface area contributed by atoms with Gasteiger partial charge in [-0.05, 0) is 54.6 Å². The number of likely N-dealkylation sites (N-methyl/N-ethyl adjacent to an activating group) is 1. The third-order valence-corrected chi connectivity index (χ3v) is 7.71. The molecule has 4 aromatic rings. The molecule has 2 atom stereocenters. The second kappa shape index (κ2) is 8.56. The lowest BCUT2D eigenvalue weighted by atomic mass is 9.80. The molecule has 1 amide bonds. The molecule has 3 aromatic carbocycles. The SMILES string of the molecule is CN1C(=O)COc2ccc(C(=O)C3Oc4ccc(Cl)cc4C3(O)c3cnc4c(c3)COc3ccccc3-4)cc21. The number of aromatic nitrogens is 1. The van der Waals surface area contributed by atoms with E-state index in [1.54, 1.807) is 55.7 Å². The molecule has 9 heteroatoms. The second-order valence-electron chi connectivity index (χ2n) is 9.71. The van der Waals surface area contributed by atoms with Crippen LogP contribution in [0.2, 0.25) is 5.02 Å². The van der Waals surface area contributed by atoms with Crippen LogP contribution in [-0.4, -0.2) is 41.5 Å². The summed E-state index contributed by atoms with van der Waals surface area (Å²) in [4.78, 5) is 32.3. The Balaban J connectivity index is 1.34. The Morgan fingerprint density at radius 3 is 2.69 bits per heavy atom. The van der Waals surface area contributed by atoms with E-state index in [4.69, 9.17) is 25.8 Å². The van der Waals surface area contributed by atoms with Gasteiger partial charge in [-0.2, -0.15) is 0 Å². The highest BCUT2D eigenvalue weighted by molar-refractivity contribution is 6.30. The topological polar surface area (TPSA) is 98.2 Å². The fraction of sp³-hybridized carbons (Fsp3) is 0.167. The van der Waals surface area contributed by atoms with Gasteiger partial charge in [0.05, 0.1) is 11.4 Å². The van der Waals surface area contributed by atoms with Crippen molar-refractivity contribution in [2.24, 2.45) is 0 Å². The largest absolute Gasteiger partial charge is 0.488 e. The first-order chi connectivity index (χ1) is 18.8. The lowest BCUT2D eigenvalue weighted by molar-refractivity contribution is -0.121. The molecule has 7 rings (SSSR count). The number of nitrogens with zero attached hydrogens (tertiary/aromatic N) is 2. The Kier molecular flexibility index (Phi) is 5.20. The Morgan fingerprint density at radius 2 is 1.82 bits per heavy atom. The number of ketones is 1. The first-order valence-corrected chi connectivity index (χ1v) is 12.7. The molecule has 39 heavy (non-hydrogen) atoms. The molecule has 1 N–H and O–H groups in total. The van der Waals surface area contributed by atoms with Crippen LogP contribution >= 0.6 is 11.6 Å². The summed E-state index contributed by atoms with van der Waals surface area (Å²) >= 11 is 6.32. The summed E-state index contributed by atoms with van der Waals surface area (Å²) < 4.78 is 17.5. The summed E-state index contributed by atoms with van der Waals surface area (Å²) in [5, 5.41) is 12.8. The summed E-state index contributed by atoms with van der Waals surface area (Å²) in [5.74, 6) is 0.863. The minimum Gasteiger partial charge on any atom is -0.488 e. The maximum Gasteiger partial charge on any atom is 0.264 e. The fourth-order valence-corrected chi connectivity index (χ4v) is 5.57. The number of para-hydroxylation sites is 1. The number of carbonyl (C=O) groups excluding carboxylic acids is 2. The number of hydrogen-bond acceptors (Lipinski definition) is 7. The maximum absolute atomic E-state index is 14.0. The fourth-order valence-electron chi connectivity index (χ4n) is 5.40. The monoisotopic (exact) mass is 540 g/mol. The molecule has 0 aliphatic carbocycles. The van der Waals surface area contributed by atoms with Crippen LogP contribution in [-0.2, 0) is 17.0 Å². The van der Waals surface area contributed by atoms with Crippen molar-refractivity contribution in [3.8, 4) is 28.5 Å².